The Bertz CT molecular complexity index is 263. The highest BCUT2D eigenvalue weighted by molar-refractivity contribution is 5.79. The highest BCUT2D eigenvalue weighted by Crippen LogP contribution is 2.44. The van der Waals surface area contributed by atoms with E-state index in [-0.39, 0.29) is 23.3 Å². The Hall–Kier alpha value is -0.570. The molecule has 1 rings (SSSR count). The zero-order chi connectivity index (χ0) is 12.5. The van der Waals surface area contributed by atoms with Crippen molar-refractivity contribution in [1.29, 1.82) is 0 Å². The SMILES string of the molecule is CCN(C)C(=O)C1CCC(N)C(C)C1(C)C. The van der Waals surface area contributed by atoms with Crippen molar-refractivity contribution in [2.24, 2.45) is 23.0 Å². The van der Waals surface area contributed by atoms with Crippen molar-refractivity contribution < 1.29 is 4.79 Å². The van der Waals surface area contributed by atoms with Crippen molar-refractivity contribution in [1.82, 2.24) is 4.90 Å². The van der Waals surface area contributed by atoms with Gasteiger partial charge in [-0.2, -0.15) is 0 Å². The van der Waals surface area contributed by atoms with Crippen LogP contribution in [0.4, 0.5) is 0 Å². The van der Waals surface area contributed by atoms with Crippen LogP contribution < -0.4 is 5.73 Å². The Labute approximate surface area is 99.4 Å². The highest BCUT2D eigenvalue weighted by Gasteiger charge is 2.45. The third-order valence-electron chi connectivity index (χ3n) is 4.65. The molecule has 3 heteroatoms. The fourth-order valence-corrected chi connectivity index (χ4v) is 2.71. The van der Waals surface area contributed by atoms with E-state index < -0.39 is 0 Å². The van der Waals surface area contributed by atoms with E-state index in [1.807, 2.05) is 18.9 Å². The van der Waals surface area contributed by atoms with E-state index in [1.165, 1.54) is 0 Å². The van der Waals surface area contributed by atoms with Crippen LogP contribution in [0.3, 0.4) is 0 Å². The molecule has 1 saturated carbocycles. The van der Waals surface area contributed by atoms with Gasteiger partial charge in [0.25, 0.3) is 0 Å². The summed E-state index contributed by atoms with van der Waals surface area (Å²) in [6.07, 6.45) is 1.90. The van der Waals surface area contributed by atoms with Crippen LogP contribution in [-0.2, 0) is 4.79 Å². The summed E-state index contributed by atoms with van der Waals surface area (Å²) in [5.41, 5.74) is 6.11. The minimum absolute atomic E-state index is 0.0121. The maximum Gasteiger partial charge on any atom is 0.225 e. The summed E-state index contributed by atoms with van der Waals surface area (Å²) in [7, 11) is 1.89. The molecule has 0 bridgehead atoms. The minimum Gasteiger partial charge on any atom is -0.346 e. The summed E-state index contributed by atoms with van der Waals surface area (Å²) in [5.74, 6) is 0.818. The summed E-state index contributed by atoms with van der Waals surface area (Å²) < 4.78 is 0. The average molecular weight is 226 g/mol. The van der Waals surface area contributed by atoms with Gasteiger partial charge in [-0.05, 0) is 31.1 Å². The maximum absolute atomic E-state index is 12.3. The van der Waals surface area contributed by atoms with Crippen molar-refractivity contribution in [2.75, 3.05) is 13.6 Å². The van der Waals surface area contributed by atoms with Crippen molar-refractivity contribution >= 4 is 5.91 Å². The van der Waals surface area contributed by atoms with Crippen LogP contribution in [-0.4, -0.2) is 30.4 Å². The van der Waals surface area contributed by atoms with E-state index in [0.717, 1.165) is 19.4 Å². The van der Waals surface area contributed by atoms with E-state index in [2.05, 4.69) is 20.8 Å². The van der Waals surface area contributed by atoms with Gasteiger partial charge in [0.05, 0.1) is 0 Å². The maximum atomic E-state index is 12.3. The smallest absolute Gasteiger partial charge is 0.225 e. The molecule has 1 aliphatic carbocycles. The molecule has 2 N–H and O–H groups in total. The molecule has 0 saturated heterocycles. The molecule has 16 heavy (non-hydrogen) atoms. The standard InChI is InChI=1S/C13H26N2O/c1-6-15(5)12(16)10-7-8-11(14)9(2)13(10,3)4/h9-11H,6-8,14H2,1-5H3. The molecule has 0 heterocycles. The van der Waals surface area contributed by atoms with E-state index >= 15 is 0 Å². The van der Waals surface area contributed by atoms with Crippen LogP contribution in [0.25, 0.3) is 0 Å². The first-order valence-corrected chi connectivity index (χ1v) is 6.32. The van der Waals surface area contributed by atoms with Crippen LogP contribution in [0.5, 0.6) is 0 Å². The Morgan fingerprint density at radius 2 is 2.00 bits per heavy atom. The molecule has 0 aliphatic heterocycles. The van der Waals surface area contributed by atoms with Gasteiger partial charge in [-0.25, -0.2) is 0 Å². The van der Waals surface area contributed by atoms with Gasteiger partial charge < -0.3 is 10.6 Å². The number of carbonyl (C=O) groups is 1. The van der Waals surface area contributed by atoms with Gasteiger partial charge in [0.1, 0.15) is 0 Å². The molecule has 3 unspecified atom stereocenters. The molecular weight excluding hydrogens is 200 g/mol. The molecule has 0 aromatic carbocycles. The van der Waals surface area contributed by atoms with Gasteiger partial charge in [0, 0.05) is 25.6 Å². The van der Waals surface area contributed by atoms with Crippen LogP contribution in [0.1, 0.15) is 40.5 Å². The molecule has 0 aromatic rings. The Morgan fingerprint density at radius 1 is 1.44 bits per heavy atom. The van der Waals surface area contributed by atoms with Crippen LogP contribution in [0.2, 0.25) is 0 Å². The number of hydrogen-bond acceptors (Lipinski definition) is 2. The third kappa shape index (κ3) is 2.24. The first-order chi connectivity index (χ1) is 7.32. The quantitative estimate of drug-likeness (QED) is 0.781. The van der Waals surface area contributed by atoms with Crippen molar-refractivity contribution in [3.05, 3.63) is 0 Å². The zero-order valence-electron chi connectivity index (χ0n) is 11.3. The average Bonchev–Trinajstić information content (AvgIpc) is 2.24. The Balaban J connectivity index is 2.85. The second-order valence-electron chi connectivity index (χ2n) is 5.76. The fourth-order valence-electron chi connectivity index (χ4n) is 2.71. The first-order valence-electron chi connectivity index (χ1n) is 6.32. The van der Waals surface area contributed by atoms with Crippen LogP contribution in [0.15, 0.2) is 0 Å². The largest absolute Gasteiger partial charge is 0.346 e. The summed E-state index contributed by atoms with van der Waals surface area (Å²) in [5, 5.41) is 0. The summed E-state index contributed by atoms with van der Waals surface area (Å²) >= 11 is 0. The summed E-state index contributed by atoms with van der Waals surface area (Å²) in [6.45, 7) is 9.34. The van der Waals surface area contributed by atoms with Gasteiger partial charge in [0.15, 0.2) is 0 Å². The zero-order valence-corrected chi connectivity index (χ0v) is 11.3. The molecule has 3 atom stereocenters. The lowest BCUT2D eigenvalue weighted by Gasteiger charge is -2.46. The minimum atomic E-state index is 0.0121. The second kappa shape index (κ2) is 4.74. The molecular formula is C13H26N2O. The second-order valence-corrected chi connectivity index (χ2v) is 5.76. The monoisotopic (exact) mass is 226 g/mol. The normalized spacial score (nSPS) is 33.5. The van der Waals surface area contributed by atoms with E-state index in [9.17, 15) is 4.79 Å². The Kier molecular flexibility index (Phi) is 4.00. The van der Waals surface area contributed by atoms with Crippen molar-refractivity contribution in [2.45, 2.75) is 46.6 Å². The number of carbonyl (C=O) groups excluding carboxylic acids is 1. The lowest BCUT2D eigenvalue weighted by molar-refractivity contribution is -0.141. The Morgan fingerprint density at radius 3 is 2.50 bits per heavy atom. The molecule has 94 valence electrons. The predicted octanol–water partition coefficient (Wildman–Crippen LogP) is 1.86. The van der Waals surface area contributed by atoms with E-state index in [1.54, 1.807) is 0 Å². The van der Waals surface area contributed by atoms with Crippen molar-refractivity contribution in [3.63, 3.8) is 0 Å². The molecule has 1 aliphatic rings. The van der Waals surface area contributed by atoms with Gasteiger partial charge >= 0.3 is 0 Å². The van der Waals surface area contributed by atoms with Crippen LogP contribution >= 0.6 is 0 Å². The lowest BCUT2D eigenvalue weighted by atomic mass is 9.61. The molecule has 0 radical (unpaired) electrons. The summed E-state index contributed by atoms with van der Waals surface area (Å²) in [6, 6.07) is 0.242. The molecule has 3 nitrogen and oxygen atoms in total. The first kappa shape index (κ1) is 13.5. The predicted molar refractivity (Wildman–Crippen MR) is 67.0 cm³/mol. The lowest BCUT2D eigenvalue weighted by Crippen LogP contribution is -2.51. The number of nitrogens with zero attached hydrogens (tertiary/aromatic N) is 1. The van der Waals surface area contributed by atoms with Crippen LogP contribution in [0, 0.1) is 17.3 Å². The van der Waals surface area contributed by atoms with Gasteiger partial charge in [-0.15, -0.1) is 0 Å². The molecule has 0 spiro atoms. The molecule has 1 fully saturated rings. The fraction of sp³-hybridized carbons (Fsp3) is 0.923. The van der Waals surface area contributed by atoms with Gasteiger partial charge in [-0.1, -0.05) is 20.8 Å². The highest BCUT2D eigenvalue weighted by atomic mass is 16.2. The number of nitrogens with two attached hydrogens (primary N) is 1. The molecule has 0 aromatic heterocycles. The number of amides is 1. The van der Waals surface area contributed by atoms with E-state index in [4.69, 9.17) is 5.73 Å². The number of hydrogen-bond donors (Lipinski definition) is 1. The topological polar surface area (TPSA) is 46.3 Å². The van der Waals surface area contributed by atoms with Crippen molar-refractivity contribution in [3.8, 4) is 0 Å². The summed E-state index contributed by atoms with van der Waals surface area (Å²) in [4.78, 5) is 14.1. The van der Waals surface area contributed by atoms with Gasteiger partial charge in [-0.3, -0.25) is 4.79 Å². The third-order valence-corrected chi connectivity index (χ3v) is 4.65. The molecule has 1 amide bonds. The van der Waals surface area contributed by atoms with E-state index in [0.29, 0.717) is 5.92 Å². The number of rotatable bonds is 2. The van der Waals surface area contributed by atoms with Gasteiger partial charge in [0.2, 0.25) is 5.91 Å².